The molecule has 4 rings (SSSR count). The molecule has 3 aromatic heterocycles. The van der Waals surface area contributed by atoms with Crippen molar-refractivity contribution in [3.05, 3.63) is 42.5 Å². The van der Waals surface area contributed by atoms with Crippen LogP contribution < -0.4 is 15.0 Å². The monoisotopic (exact) mass is 380 g/mol. The van der Waals surface area contributed by atoms with Crippen LogP contribution in [-0.2, 0) is 0 Å². The number of H-pyrrole nitrogens is 1. The summed E-state index contributed by atoms with van der Waals surface area (Å²) in [6.07, 6.45) is 6.98. The highest BCUT2D eigenvalue weighted by molar-refractivity contribution is 5.97. The number of hydrogen-bond acceptors (Lipinski definition) is 6. The maximum atomic E-state index is 12.8. The molecule has 0 radical (unpaired) electrons. The number of amides is 1. The molecule has 8 heteroatoms. The lowest BCUT2D eigenvalue weighted by Gasteiger charge is -2.38. The minimum Gasteiger partial charge on any atom is -0.481 e. The molecule has 0 aromatic carbocycles. The molecule has 3 aromatic rings. The summed E-state index contributed by atoms with van der Waals surface area (Å²) < 4.78 is 5.20. The van der Waals surface area contributed by atoms with E-state index >= 15 is 0 Å². The van der Waals surface area contributed by atoms with Crippen LogP contribution in [0.5, 0.6) is 5.88 Å². The van der Waals surface area contributed by atoms with Crippen molar-refractivity contribution in [3.63, 3.8) is 0 Å². The van der Waals surface area contributed by atoms with E-state index in [1.165, 1.54) is 0 Å². The number of aromatic amines is 1. The average molecular weight is 380 g/mol. The van der Waals surface area contributed by atoms with Gasteiger partial charge in [0.1, 0.15) is 5.69 Å². The van der Waals surface area contributed by atoms with Crippen molar-refractivity contribution in [1.29, 1.82) is 0 Å². The van der Waals surface area contributed by atoms with Gasteiger partial charge in [0, 0.05) is 54.7 Å². The number of nitrogens with zero attached hydrogens (tertiary/aromatic N) is 4. The lowest BCUT2D eigenvalue weighted by atomic mass is 9.90. The van der Waals surface area contributed by atoms with Crippen molar-refractivity contribution in [2.75, 3.05) is 25.1 Å². The number of carbonyl (C=O) groups excluding carboxylic acids is 1. The Balaban J connectivity index is 1.44. The molecule has 1 aliphatic heterocycles. The van der Waals surface area contributed by atoms with Gasteiger partial charge in [0.25, 0.3) is 5.91 Å². The number of pyridine rings is 1. The Hall–Kier alpha value is -3.16. The quantitative estimate of drug-likeness (QED) is 0.706. The van der Waals surface area contributed by atoms with Crippen molar-refractivity contribution in [2.24, 2.45) is 5.92 Å². The molecule has 2 atom stereocenters. The highest BCUT2D eigenvalue weighted by atomic mass is 16.5. The zero-order valence-corrected chi connectivity index (χ0v) is 16.1. The number of anilines is 1. The maximum Gasteiger partial charge on any atom is 0.267 e. The van der Waals surface area contributed by atoms with Gasteiger partial charge in [0.2, 0.25) is 11.8 Å². The summed E-state index contributed by atoms with van der Waals surface area (Å²) in [6.45, 7) is 3.73. The van der Waals surface area contributed by atoms with Crippen LogP contribution in [0.2, 0.25) is 0 Å². The number of rotatable bonds is 5. The SMILES string of the molecule is CCC1CN(c2nccc(OC)n2)CCC1NC(=O)c1cc2cnccc2[nH]1. The number of ether oxygens (including phenoxy) is 1. The van der Waals surface area contributed by atoms with E-state index in [1.807, 2.05) is 12.1 Å². The van der Waals surface area contributed by atoms with Crippen LogP contribution in [0.3, 0.4) is 0 Å². The molecule has 2 N–H and O–H groups in total. The molecule has 2 unspecified atom stereocenters. The van der Waals surface area contributed by atoms with E-state index in [9.17, 15) is 4.79 Å². The first-order valence-electron chi connectivity index (χ1n) is 9.53. The van der Waals surface area contributed by atoms with Crippen LogP contribution in [-0.4, -0.2) is 52.1 Å². The summed E-state index contributed by atoms with van der Waals surface area (Å²) in [7, 11) is 1.60. The molecule has 146 valence electrons. The van der Waals surface area contributed by atoms with E-state index in [2.05, 4.69) is 37.1 Å². The normalized spacial score (nSPS) is 19.6. The van der Waals surface area contributed by atoms with Crippen molar-refractivity contribution in [1.82, 2.24) is 25.3 Å². The van der Waals surface area contributed by atoms with Gasteiger partial charge < -0.3 is 19.9 Å². The Labute approximate surface area is 163 Å². The maximum absolute atomic E-state index is 12.8. The Bertz CT molecular complexity index is 939. The molecular weight excluding hydrogens is 356 g/mol. The van der Waals surface area contributed by atoms with Crippen molar-refractivity contribution in [2.45, 2.75) is 25.8 Å². The smallest absolute Gasteiger partial charge is 0.267 e. The Morgan fingerprint density at radius 3 is 3.07 bits per heavy atom. The zero-order chi connectivity index (χ0) is 19.5. The van der Waals surface area contributed by atoms with E-state index < -0.39 is 0 Å². The largest absolute Gasteiger partial charge is 0.481 e. The fourth-order valence-electron chi connectivity index (χ4n) is 3.76. The molecule has 0 saturated carbocycles. The summed E-state index contributed by atoms with van der Waals surface area (Å²) in [5.41, 5.74) is 1.48. The molecule has 0 spiro atoms. The third kappa shape index (κ3) is 3.62. The second-order valence-electron chi connectivity index (χ2n) is 7.03. The Morgan fingerprint density at radius 1 is 1.39 bits per heavy atom. The molecule has 1 fully saturated rings. The molecule has 0 bridgehead atoms. The summed E-state index contributed by atoms with van der Waals surface area (Å²) in [5.74, 6) is 1.47. The molecule has 4 heterocycles. The van der Waals surface area contributed by atoms with E-state index in [0.717, 1.165) is 36.8 Å². The van der Waals surface area contributed by atoms with Crippen LogP contribution in [0.15, 0.2) is 36.8 Å². The topological polar surface area (TPSA) is 96.0 Å². The van der Waals surface area contributed by atoms with E-state index in [1.54, 1.807) is 31.8 Å². The minimum atomic E-state index is -0.0780. The summed E-state index contributed by atoms with van der Waals surface area (Å²) >= 11 is 0. The van der Waals surface area contributed by atoms with Gasteiger partial charge in [0.05, 0.1) is 7.11 Å². The molecular formula is C20H24N6O2. The average Bonchev–Trinajstić information content (AvgIpc) is 3.18. The summed E-state index contributed by atoms with van der Waals surface area (Å²) in [6, 6.07) is 5.57. The second kappa shape index (κ2) is 7.84. The van der Waals surface area contributed by atoms with E-state index in [-0.39, 0.29) is 11.9 Å². The van der Waals surface area contributed by atoms with Crippen LogP contribution in [0, 0.1) is 5.92 Å². The number of piperidine rings is 1. The van der Waals surface area contributed by atoms with Crippen LogP contribution in [0.4, 0.5) is 5.95 Å². The van der Waals surface area contributed by atoms with Crippen molar-refractivity contribution >= 4 is 22.8 Å². The van der Waals surface area contributed by atoms with Gasteiger partial charge in [-0.3, -0.25) is 9.78 Å². The highest BCUT2D eigenvalue weighted by Crippen LogP contribution is 2.24. The number of hydrogen-bond donors (Lipinski definition) is 2. The van der Waals surface area contributed by atoms with Crippen LogP contribution in [0.1, 0.15) is 30.3 Å². The lowest BCUT2D eigenvalue weighted by molar-refractivity contribution is 0.0909. The predicted octanol–water partition coefficient (Wildman–Crippen LogP) is 2.40. The molecule has 1 saturated heterocycles. The van der Waals surface area contributed by atoms with E-state index in [4.69, 9.17) is 4.74 Å². The van der Waals surface area contributed by atoms with Gasteiger partial charge in [0.15, 0.2) is 0 Å². The summed E-state index contributed by atoms with van der Waals surface area (Å²) in [4.78, 5) is 31.0. The minimum absolute atomic E-state index is 0.0780. The number of nitrogens with one attached hydrogen (secondary N) is 2. The van der Waals surface area contributed by atoms with Crippen LogP contribution >= 0.6 is 0 Å². The predicted molar refractivity (Wildman–Crippen MR) is 107 cm³/mol. The fraction of sp³-hybridized carbons (Fsp3) is 0.400. The van der Waals surface area contributed by atoms with Gasteiger partial charge in [-0.25, -0.2) is 4.98 Å². The van der Waals surface area contributed by atoms with Gasteiger partial charge >= 0.3 is 0 Å². The third-order valence-corrected chi connectivity index (χ3v) is 5.35. The van der Waals surface area contributed by atoms with Gasteiger partial charge in [-0.05, 0) is 30.9 Å². The summed E-state index contributed by atoms with van der Waals surface area (Å²) in [5, 5.41) is 4.14. The zero-order valence-electron chi connectivity index (χ0n) is 16.1. The first-order chi connectivity index (χ1) is 13.7. The highest BCUT2D eigenvalue weighted by Gasteiger charge is 2.31. The number of carbonyl (C=O) groups is 1. The molecule has 0 aliphatic carbocycles. The third-order valence-electron chi connectivity index (χ3n) is 5.35. The molecule has 8 nitrogen and oxygen atoms in total. The van der Waals surface area contributed by atoms with Gasteiger partial charge in [-0.15, -0.1) is 0 Å². The molecule has 1 amide bonds. The number of aromatic nitrogens is 4. The number of methoxy groups -OCH3 is 1. The first kappa shape index (κ1) is 18.2. The molecule has 1 aliphatic rings. The van der Waals surface area contributed by atoms with Crippen LogP contribution in [0.25, 0.3) is 10.9 Å². The standard InChI is InChI=1S/C20H24N6O2/c1-3-13-12-26(20-22-8-5-18(25-20)28-2)9-6-16(13)24-19(27)17-10-14-11-21-7-4-15(14)23-17/h4-5,7-8,10-11,13,16,23H,3,6,9,12H2,1-2H3,(H,24,27). The fourth-order valence-corrected chi connectivity index (χ4v) is 3.76. The number of fused-ring (bicyclic) bond motifs is 1. The van der Waals surface area contributed by atoms with Crippen molar-refractivity contribution in [3.8, 4) is 5.88 Å². The van der Waals surface area contributed by atoms with Gasteiger partial charge in [-0.2, -0.15) is 4.98 Å². The van der Waals surface area contributed by atoms with Gasteiger partial charge in [-0.1, -0.05) is 6.92 Å². The Morgan fingerprint density at radius 2 is 2.29 bits per heavy atom. The first-order valence-corrected chi connectivity index (χ1v) is 9.53. The van der Waals surface area contributed by atoms with Crippen molar-refractivity contribution < 1.29 is 9.53 Å². The van der Waals surface area contributed by atoms with E-state index in [0.29, 0.717) is 23.4 Å². The Kier molecular flexibility index (Phi) is 5.10. The molecule has 28 heavy (non-hydrogen) atoms. The second-order valence-corrected chi connectivity index (χ2v) is 7.03. The lowest BCUT2D eigenvalue weighted by Crippen LogP contribution is -2.51.